The predicted molar refractivity (Wildman–Crippen MR) is 147 cm³/mol. The summed E-state index contributed by atoms with van der Waals surface area (Å²) in [5, 5.41) is 4.27. The average Bonchev–Trinajstić information content (AvgIpc) is 3.40. The zero-order valence-corrected chi connectivity index (χ0v) is 22.3. The molecule has 0 spiro atoms. The van der Waals surface area contributed by atoms with Gasteiger partial charge in [-0.25, -0.2) is 19.7 Å². The Labute approximate surface area is 220 Å². The molecule has 4 heterocycles. The summed E-state index contributed by atoms with van der Waals surface area (Å²) in [4.78, 5) is 36.9. The highest BCUT2D eigenvalue weighted by atomic mass is 32.2. The first-order chi connectivity index (χ1) is 17.7. The second-order valence-corrected chi connectivity index (χ2v) is 10.9. The third-order valence-corrected chi connectivity index (χ3v) is 6.78. The number of anilines is 2. The van der Waals surface area contributed by atoms with Crippen LogP contribution in [-0.4, -0.2) is 43.3 Å². The largest absolute Gasteiger partial charge is 0.443 e. The Morgan fingerprint density at radius 2 is 1.92 bits per heavy atom. The van der Waals surface area contributed by atoms with E-state index in [0.29, 0.717) is 17.1 Å². The molecule has 5 rings (SSSR count). The van der Waals surface area contributed by atoms with Crippen LogP contribution >= 0.6 is 11.8 Å². The molecular formula is C28H29N5O3S. The maximum absolute atomic E-state index is 13.7. The molecular weight excluding hydrogens is 486 g/mol. The third-order valence-electron chi connectivity index (χ3n) is 6.16. The summed E-state index contributed by atoms with van der Waals surface area (Å²) in [6.07, 6.45) is 6.93. The smallest absolute Gasteiger partial charge is 0.417 e. The SMILES string of the molecule is CSCc1ccc(Nc2ccc(-c3ccnc4c3ccn4C)c3c2C(=O)N(C(=O)OC(C)(C)C)C3)nc1. The van der Waals surface area contributed by atoms with Crippen molar-refractivity contribution in [3.05, 3.63) is 71.7 Å². The fraction of sp³-hybridized carbons (Fsp3) is 0.286. The molecule has 1 aliphatic rings. The number of hydrogen-bond donors (Lipinski definition) is 1. The van der Waals surface area contributed by atoms with Gasteiger partial charge in [-0.2, -0.15) is 11.8 Å². The molecule has 4 aromatic rings. The first kappa shape index (κ1) is 24.8. The molecule has 0 saturated heterocycles. The van der Waals surface area contributed by atoms with Crippen LogP contribution in [-0.2, 0) is 24.1 Å². The van der Waals surface area contributed by atoms with Crippen LogP contribution in [0, 0.1) is 0 Å². The van der Waals surface area contributed by atoms with Crippen LogP contribution in [0.25, 0.3) is 22.2 Å². The number of carbonyl (C=O) groups excluding carboxylic acids is 2. The number of amides is 2. The van der Waals surface area contributed by atoms with E-state index in [0.717, 1.165) is 39.0 Å². The van der Waals surface area contributed by atoms with Crippen molar-refractivity contribution in [2.75, 3.05) is 11.6 Å². The second kappa shape index (κ2) is 9.55. The predicted octanol–water partition coefficient (Wildman–Crippen LogP) is 6.13. The van der Waals surface area contributed by atoms with E-state index in [1.807, 2.05) is 66.7 Å². The van der Waals surface area contributed by atoms with Crippen molar-refractivity contribution >= 4 is 46.3 Å². The van der Waals surface area contributed by atoms with Crippen LogP contribution in [0.1, 0.15) is 42.3 Å². The minimum Gasteiger partial charge on any atom is -0.443 e. The van der Waals surface area contributed by atoms with Crippen LogP contribution in [0.3, 0.4) is 0 Å². The van der Waals surface area contributed by atoms with Crippen LogP contribution in [0.4, 0.5) is 16.3 Å². The van der Waals surface area contributed by atoms with Crippen LogP contribution in [0.5, 0.6) is 0 Å². The number of nitrogens with one attached hydrogen (secondary N) is 1. The van der Waals surface area contributed by atoms with Gasteiger partial charge in [0.1, 0.15) is 17.1 Å². The highest BCUT2D eigenvalue weighted by Gasteiger charge is 2.38. The summed E-state index contributed by atoms with van der Waals surface area (Å²) >= 11 is 1.73. The van der Waals surface area contributed by atoms with Crippen LogP contribution in [0.2, 0.25) is 0 Å². The van der Waals surface area contributed by atoms with Crippen molar-refractivity contribution < 1.29 is 14.3 Å². The number of pyridine rings is 2. The van der Waals surface area contributed by atoms with Crippen molar-refractivity contribution in [1.82, 2.24) is 19.4 Å². The van der Waals surface area contributed by atoms with Crippen molar-refractivity contribution in [1.29, 1.82) is 0 Å². The Hall–Kier alpha value is -3.85. The minimum atomic E-state index is -0.722. The van der Waals surface area contributed by atoms with E-state index in [4.69, 9.17) is 4.74 Å². The van der Waals surface area contributed by atoms with Gasteiger partial charge in [-0.3, -0.25) is 4.79 Å². The van der Waals surface area contributed by atoms with E-state index < -0.39 is 17.6 Å². The van der Waals surface area contributed by atoms with E-state index in [1.54, 1.807) is 38.7 Å². The molecule has 8 nitrogen and oxygen atoms in total. The van der Waals surface area contributed by atoms with E-state index in [2.05, 4.69) is 15.3 Å². The molecule has 0 aliphatic carbocycles. The number of fused-ring (bicyclic) bond motifs is 2. The van der Waals surface area contributed by atoms with Crippen molar-refractivity contribution in [3.8, 4) is 11.1 Å². The van der Waals surface area contributed by atoms with E-state index in [9.17, 15) is 9.59 Å². The summed E-state index contributed by atoms with van der Waals surface area (Å²) in [5.41, 5.74) is 4.87. The number of thioether (sulfide) groups is 1. The number of imide groups is 1. The molecule has 0 unspecified atom stereocenters. The van der Waals surface area contributed by atoms with Gasteiger partial charge >= 0.3 is 6.09 Å². The molecule has 1 N–H and O–H groups in total. The zero-order chi connectivity index (χ0) is 26.3. The number of carbonyl (C=O) groups is 2. The van der Waals surface area contributed by atoms with E-state index >= 15 is 0 Å². The molecule has 0 radical (unpaired) electrons. The number of ether oxygens (including phenoxy) is 1. The van der Waals surface area contributed by atoms with Gasteiger partial charge in [-0.1, -0.05) is 12.1 Å². The Kier molecular flexibility index (Phi) is 6.41. The number of nitrogens with zero attached hydrogens (tertiary/aromatic N) is 4. The fourth-order valence-corrected chi connectivity index (χ4v) is 5.03. The lowest BCUT2D eigenvalue weighted by molar-refractivity contribution is 0.0248. The average molecular weight is 516 g/mol. The number of rotatable bonds is 5. The molecule has 9 heteroatoms. The lowest BCUT2D eigenvalue weighted by Crippen LogP contribution is -2.37. The quantitative estimate of drug-likeness (QED) is 0.342. The van der Waals surface area contributed by atoms with E-state index in [-0.39, 0.29) is 6.54 Å². The summed E-state index contributed by atoms with van der Waals surface area (Å²) in [6.45, 7) is 5.47. The maximum atomic E-state index is 13.7. The summed E-state index contributed by atoms with van der Waals surface area (Å²) < 4.78 is 7.51. The highest BCUT2D eigenvalue weighted by molar-refractivity contribution is 7.97. The Balaban J connectivity index is 1.60. The lowest BCUT2D eigenvalue weighted by atomic mass is 9.94. The normalized spacial score (nSPS) is 13.2. The zero-order valence-electron chi connectivity index (χ0n) is 21.5. The number of hydrogen-bond acceptors (Lipinski definition) is 7. The lowest BCUT2D eigenvalue weighted by Gasteiger charge is -2.23. The molecule has 1 aromatic carbocycles. The molecule has 2 amide bonds. The Bertz CT molecular complexity index is 1510. The molecule has 190 valence electrons. The molecule has 1 aliphatic heterocycles. The summed E-state index contributed by atoms with van der Waals surface area (Å²) in [7, 11) is 1.95. The summed E-state index contributed by atoms with van der Waals surface area (Å²) in [5.74, 6) is 1.10. The standard InChI is InChI=1S/C28H29N5O3S/c1-28(2,3)36-27(35)33-15-21-18(19-10-12-29-25-20(19)11-13-32(25)4)7-8-22(24(21)26(33)34)31-23-9-6-17(14-30-23)16-37-5/h6-14H,15-16H2,1-5H3,(H,30,31). The summed E-state index contributed by atoms with van der Waals surface area (Å²) in [6, 6.07) is 11.7. The molecule has 3 aromatic heterocycles. The monoisotopic (exact) mass is 515 g/mol. The van der Waals surface area contributed by atoms with Gasteiger partial charge in [-0.05, 0) is 73.5 Å². The topological polar surface area (TPSA) is 89.4 Å². The van der Waals surface area contributed by atoms with Gasteiger partial charge in [-0.15, -0.1) is 0 Å². The molecule has 0 bridgehead atoms. The van der Waals surface area contributed by atoms with Gasteiger partial charge in [0.15, 0.2) is 0 Å². The third kappa shape index (κ3) is 4.79. The van der Waals surface area contributed by atoms with Gasteiger partial charge in [0.25, 0.3) is 5.91 Å². The second-order valence-electron chi connectivity index (χ2n) is 10.0. The first-order valence-electron chi connectivity index (χ1n) is 12.0. The van der Waals surface area contributed by atoms with E-state index in [1.165, 1.54) is 4.90 Å². The molecule has 0 saturated carbocycles. The Morgan fingerprint density at radius 1 is 1.11 bits per heavy atom. The highest BCUT2D eigenvalue weighted by Crippen LogP contribution is 2.40. The molecule has 37 heavy (non-hydrogen) atoms. The fourth-order valence-electron chi connectivity index (χ4n) is 4.53. The Morgan fingerprint density at radius 3 is 2.62 bits per heavy atom. The number of benzene rings is 1. The van der Waals surface area contributed by atoms with Gasteiger partial charge in [0.05, 0.1) is 17.8 Å². The van der Waals surface area contributed by atoms with Crippen molar-refractivity contribution in [2.24, 2.45) is 7.05 Å². The minimum absolute atomic E-state index is 0.116. The van der Waals surface area contributed by atoms with Crippen molar-refractivity contribution in [2.45, 2.75) is 38.7 Å². The van der Waals surface area contributed by atoms with Gasteiger partial charge < -0.3 is 14.6 Å². The maximum Gasteiger partial charge on any atom is 0.417 e. The number of aromatic nitrogens is 3. The van der Waals surface area contributed by atoms with Gasteiger partial charge in [0.2, 0.25) is 0 Å². The van der Waals surface area contributed by atoms with Crippen LogP contribution in [0.15, 0.2) is 55.0 Å². The molecule has 0 fully saturated rings. The van der Waals surface area contributed by atoms with Crippen LogP contribution < -0.4 is 5.32 Å². The number of aryl methyl sites for hydroxylation is 1. The first-order valence-corrected chi connectivity index (χ1v) is 13.4. The van der Waals surface area contributed by atoms with Crippen molar-refractivity contribution in [3.63, 3.8) is 0 Å². The molecule has 0 atom stereocenters. The van der Waals surface area contributed by atoms with Gasteiger partial charge in [0, 0.05) is 36.8 Å².